The van der Waals surface area contributed by atoms with Crippen molar-refractivity contribution in [2.45, 2.75) is 26.4 Å². The van der Waals surface area contributed by atoms with Gasteiger partial charge in [0.2, 0.25) is 0 Å². The number of carbonyl (C=O) groups is 2. The van der Waals surface area contributed by atoms with E-state index in [0.29, 0.717) is 29.9 Å². The van der Waals surface area contributed by atoms with Crippen molar-refractivity contribution in [2.24, 2.45) is 0 Å². The summed E-state index contributed by atoms with van der Waals surface area (Å²) in [5.74, 6) is -0.168. The van der Waals surface area contributed by atoms with Crippen LogP contribution in [0.4, 0.5) is 0 Å². The second-order valence-corrected chi connectivity index (χ2v) is 4.96. The molecule has 23 heavy (non-hydrogen) atoms. The summed E-state index contributed by atoms with van der Waals surface area (Å²) in [6.07, 6.45) is -0.258. The van der Waals surface area contributed by atoms with Crippen LogP contribution >= 0.6 is 0 Å². The maximum Gasteiger partial charge on any atom is 0.347 e. The number of para-hydroxylation sites is 1. The predicted molar refractivity (Wildman–Crippen MR) is 87.7 cm³/mol. The topological polar surface area (TPSA) is 52.6 Å². The Bertz CT molecular complexity index is 664. The van der Waals surface area contributed by atoms with Gasteiger partial charge in [-0.1, -0.05) is 49.4 Å². The summed E-state index contributed by atoms with van der Waals surface area (Å²) < 4.78 is 10.8. The minimum atomic E-state index is -0.723. The smallest absolute Gasteiger partial charge is 0.347 e. The predicted octanol–water partition coefficient (Wildman–Crippen LogP) is 3.64. The molecule has 0 bridgehead atoms. The molecule has 0 N–H and O–H groups in total. The molecule has 0 heterocycles. The number of carbonyl (C=O) groups excluding carboxylic acids is 2. The second kappa shape index (κ2) is 8.13. The number of hydrogen-bond acceptors (Lipinski definition) is 4. The molecule has 2 aromatic rings. The molecule has 0 saturated heterocycles. The van der Waals surface area contributed by atoms with Crippen LogP contribution in [0, 0.1) is 0 Å². The van der Waals surface area contributed by atoms with E-state index in [0.717, 1.165) is 0 Å². The van der Waals surface area contributed by atoms with Gasteiger partial charge in [0, 0.05) is 5.56 Å². The van der Waals surface area contributed by atoms with E-state index in [4.69, 9.17) is 9.47 Å². The summed E-state index contributed by atoms with van der Waals surface area (Å²) in [4.78, 5) is 24.5. The third-order valence-electron chi connectivity index (χ3n) is 3.36. The van der Waals surface area contributed by atoms with Crippen LogP contribution in [0.5, 0.6) is 5.75 Å². The zero-order valence-corrected chi connectivity index (χ0v) is 13.3. The zero-order valence-electron chi connectivity index (χ0n) is 13.3. The average Bonchev–Trinajstić information content (AvgIpc) is 2.60. The monoisotopic (exact) mass is 312 g/mol. The summed E-state index contributed by atoms with van der Waals surface area (Å²) in [6.45, 7) is 3.88. The fourth-order valence-electron chi connectivity index (χ4n) is 2.19. The molecule has 0 radical (unpaired) electrons. The van der Waals surface area contributed by atoms with Gasteiger partial charge in [0.15, 0.2) is 11.9 Å². The highest BCUT2D eigenvalue weighted by molar-refractivity contribution is 6.10. The van der Waals surface area contributed by atoms with Crippen molar-refractivity contribution in [3.05, 3.63) is 65.7 Å². The molecule has 0 spiro atoms. The molecule has 2 aromatic carbocycles. The number of esters is 1. The summed E-state index contributed by atoms with van der Waals surface area (Å²) in [5.41, 5.74) is 1.01. The normalized spacial score (nSPS) is 11.6. The standard InChI is InChI=1S/C19H20O4/c1-3-16(19(21)22-4-2)23-17-13-9-8-12-15(17)18(20)14-10-6-5-7-11-14/h5-13,16H,3-4H2,1-2H3. The number of benzene rings is 2. The molecular formula is C19H20O4. The van der Waals surface area contributed by atoms with Crippen molar-refractivity contribution in [2.75, 3.05) is 6.61 Å². The van der Waals surface area contributed by atoms with Gasteiger partial charge in [0.1, 0.15) is 5.75 Å². The summed E-state index contributed by atoms with van der Waals surface area (Å²) in [6, 6.07) is 15.9. The molecule has 0 aliphatic rings. The number of ketones is 1. The molecule has 120 valence electrons. The van der Waals surface area contributed by atoms with Crippen LogP contribution in [0.25, 0.3) is 0 Å². The molecule has 1 atom stereocenters. The van der Waals surface area contributed by atoms with Crippen molar-refractivity contribution in [1.82, 2.24) is 0 Å². The number of hydrogen-bond donors (Lipinski definition) is 0. The Morgan fingerprint density at radius 3 is 2.26 bits per heavy atom. The van der Waals surface area contributed by atoms with Gasteiger partial charge in [0.25, 0.3) is 0 Å². The third kappa shape index (κ3) is 4.19. The van der Waals surface area contributed by atoms with Gasteiger partial charge in [-0.15, -0.1) is 0 Å². The van der Waals surface area contributed by atoms with Crippen molar-refractivity contribution >= 4 is 11.8 Å². The quantitative estimate of drug-likeness (QED) is 0.578. The van der Waals surface area contributed by atoms with E-state index in [9.17, 15) is 9.59 Å². The number of ether oxygens (including phenoxy) is 2. The molecule has 4 heteroatoms. The molecule has 0 fully saturated rings. The van der Waals surface area contributed by atoms with E-state index in [1.165, 1.54) is 0 Å². The van der Waals surface area contributed by atoms with Gasteiger partial charge < -0.3 is 9.47 Å². The van der Waals surface area contributed by atoms with Crippen LogP contribution in [0.1, 0.15) is 36.2 Å². The van der Waals surface area contributed by atoms with E-state index >= 15 is 0 Å². The van der Waals surface area contributed by atoms with Crippen LogP contribution in [-0.4, -0.2) is 24.5 Å². The van der Waals surface area contributed by atoms with Crippen molar-refractivity contribution < 1.29 is 19.1 Å². The lowest BCUT2D eigenvalue weighted by Gasteiger charge is -2.18. The third-order valence-corrected chi connectivity index (χ3v) is 3.36. The molecule has 0 amide bonds. The Balaban J connectivity index is 2.27. The molecule has 0 aliphatic heterocycles. The first kappa shape index (κ1) is 16.7. The van der Waals surface area contributed by atoms with Crippen molar-refractivity contribution in [3.63, 3.8) is 0 Å². The van der Waals surface area contributed by atoms with Crippen LogP contribution in [-0.2, 0) is 9.53 Å². The summed E-state index contributed by atoms with van der Waals surface area (Å²) in [5, 5.41) is 0. The minimum absolute atomic E-state index is 0.139. The first-order valence-corrected chi connectivity index (χ1v) is 7.69. The fourth-order valence-corrected chi connectivity index (χ4v) is 2.19. The van der Waals surface area contributed by atoms with E-state index in [-0.39, 0.29) is 5.78 Å². The highest BCUT2D eigenvalue weighted by Crippen LogP contribution is 2.23. The molecule has 4 nitrogen and oxygen atoms in total. The second-order valence-electron chi connectivity index (χ2n) is 4.96. The Hall–Kier alpha value is -2.62. The maximum atomic E-state index is 12.6. The zero-order chi connectivity index (χ0) is 16.7. The lowest BCUT2D eigenvalue weighted by molar-refractivity contribution is -0.151. The van der Waals surface area contributed by atoms with Crippen molar-refractivity contribution in [1.29, 1.82) is 0 Å². The number of rotatable bonds is 7. The van der Waals surface area contributed by atoms with Crippen LogP contribution in [0.2, 0.25) is 0 Å². The molecule has 2 rings (SSSR count). The average molecular weight is 312 g/mol. The highest BCUT2D eigenvalue weighted by Gasteiger charge is 2.22. The Morgan fingerprint density at radius 1 is 0.957 bits per heavy atom. The first-order valence-electron chi connectivity index (χ1n) is 7.69. The molecule has 0 aliphatic carbocycles. The maximum absolute atomic E-state index is 12.6. The molecule has 0 saturated carbocycles. The van der Waals surface area contributed by atoms with Crippen LogP contribution in [0.15, 0.2) is 54.6 Å². The Kier molecular flexibility index (Phi) is 5.92. The molecular weight excluding hydrogens is 292 g/mol. The largest absolute Gasteiger partial charge is 0.478 e. The van der Waals surface area contributed by atoms with Crippen LogP contribution in [0.3, 0.4) is 0 Å². The van der Waals surface area contributed by atoms with Gasteiger partial charge in [-0.3, -0.25) is 4.79 Å². The highest BCUT2D eigenvalue weighted by atomic mass is 16.6. The first-order chi connectivity index (χ1) is 11.2. The Labute approximate surface area is 136 Å². The van der Waals surface area contributed by atoms with Crippen LogP contribution < -0.4 is 4.74 Å². The fraction of sp³-hybridized carbons (Fsp3) is 0.263. The lowest BCUT2D eigenvalue weighted by atomic mass is 10.0. The van der Waals surface area contributed by atoms with Gasteiger partial charge in [-0.05, 0) is 25.5 Å². The van der Waals surface area contributed by atoms with E-state index < -0.39 is 12.1 Å². The van der Waals surface area contributed by atoms with Gasteiger partial charge in [-0.25, -0.2) is 4.79 Å². The van der Waals surface area contributed by atoms with Gasteiger partial charge in [0.05, 0.1) is 12.2 Å². The minimum Gasteiger partial charge on any atom is -0.478 e. The lowest BCUT2D eigenvalue weighted by Crippen LogP contribution is -2.29. The van der Waals surface area contributed by atoms with Crippen molar-refractivity contribution in [3.8, 4) is 5.75 Å². The van der Waals surface area contributed by atoms with Gasteiger partial charge >= 0.3 is 5.97 Å². The molecule has 1 unspecified atom stereocenters. The SMILES string of the molecule is CCOC(=O)C(CC)Oc1ccccc1C(=O)c1ccccc1. The molecule has 0 aromatic heterocycles. The summed E-state index contributed by atoms with van der Waals surface area (Å²) in [7, 11) is 0. The Morgan fingerprint density at radius 2 is 1.61 bits per heavy atom. The van der Waals surface area contributed by atoms with E-state index in [1.807, 2.05) is 25.1 Å². The van der Waals surface area contributed by atoms with E-state index in [1.54, 1.807) is 43.3 Å². The summed E-state index contributed by atoms with van der Waals surface area (Å²) >= 11 is 0. The van der Waals surface area contributed by atoms with E-state index in [2.05, 4.69) is 0 Å². The van der Waals surface area contributed by atoms with Gasteiger partial charge in [-0.2, -0.15) is 0 Å².